The van der Waals surface area contributed by atoms with Crippen molar-refractivity contribution in [1.82, 2.24) is 15.2 Å². The molecule has 7 nitrogen and oxygen atoms in total. The van der Waals surface area contributed by atoms with Gasteiger partial charge in [0, 0.05) is 54.6 Å². The second-order valence-corrected chi connectivity index (χ2v) is 9.73. The van der Waals surface area contributed by atoms with Crippen molar-refractivity contribution < 1.29 is 19.5 Å². The van der Waals surface area contributed by atoms with Crippen LogP contribution in [0.2, 0.25) is 0 Å². The van der Waals surface area contributed by atoms with Crippen LogP contribution in [0.3, 0.4) is 0 Å². The van der Waals surface area contributed by atoms with Gasteiger partial charge in [0.15, 0.2) is 0 Å². The van der Waals surface area contributed by atoms with Crippen molar-refractivity contribution in [3.63, 3.8) is 0 Å². The molecule has 0 spiro atoms. The Morgan fingerprint density at radius 2 is 1.97 bits per heavy atom. The lowest BCUT2D eigenvalue weighted by Gasteiger charge is -2.33. The molecule has 170 valence electrons. The number of ketones is 1. The van der Waals surface area contributed by atoms with Gasteiger partial charge in [-0.25, -0.2) is 0 Å². The number of piperidine rings is 2. The first-order valence-electron chi connectivity index (χ1n) is 11.3. The standard InChI is InChI=1S/C23H32BrN3O4/c24-20-10-19(13-26-14-20)18(12-23(30)31)11-21(28)17-2-1-9-27(15-17)22(29)4-3-16-5-7-25-8-6-16/h10,13-14,16-18,25H,1-9,11-12,15H2,(H,30,31)/t17-,18+/m1/s1. The molecule has 0 bridgehead atoms. The monoisotopic (exact) mass is 493 g/mol. The van der Waals surface area contributed by atoms with E-state index in [1.165, 1.54) is 0 Å². The van der Waals surface area contributed by atoms with Gasteiger partial charge in [-0.3, -0.25) is 19.4 Å². The Morgan fingerprint density at radius 3 is 2.68 bits per heavy atom. The number of carbonyl (C=O) groups excluding carboxylic acids is 2. The number of amides is 1. The summed E-state index contributed by atoms with van der Waals surface area (Å²) >= 11 is 3.36. The van der Waals surface area contributed by atoms with Crippen molar-refractivity contribution in [3.05, 3.63) is 28.5 Å². The van der Waals surface area contributed by atoms with Gasteiger partial charge in [0.1, 0.15) is 5.78 Å². The number of halogens is 1. The number of carbonyl (C=O) groups is 3. The summed E-state index contributed by atoms with van der Waals surface area (Å²) in [6.45, 7) is 3.23. The summed E-state index contributed by atoms with van der Waals surface area (Å²) in [5.41, 5.74) is 0.746. The third-order valence-electron chi connectivity index (χ3n) is 6.52. The molecule has 0 saturated carbocycles. The number of pyridine rings is 1. The Hall–Kier alpha value is -1.80. The summed E-state index contributed by atoms with van der Waals surface area (Å²) in [7, 11) is 0. The number of nitrogens with one attached hydrogen (secondary N) is 1. The number of aromatic nitrogens is 1. The van der Waals surface area contributed by atoms with E-state index in [2.05, 4.69) is 26.2 Å². The van der Waals surface area contributed by atoms with Crippen LogP contribution >= 0.6 is 15.9 Å². The van der Waals surface area contributed by atoms with E-state index in [-0.39, 0.29) is 30.4 Å². The van der Waals surface area contributed by atoms with Crippen LogP contribution in [0.5, 0.6) is 0 Å². The number of carboxylic acid groups (broad SMARTS) is 1. The second-order valence-electron chi connectivity index (χ2n) is 8.81. The van der Waals surface area contributed by atoms with E-state index >= 15 is 0 Å². The third-order valence-corrected chi connectivity index (χ3v) is 6.95. The molecule has 0 unspecified atom stereocenters. The quantitative estimate of drug-likeness (QED) is 0.546. The highest BCUT2D eigenvalue weighted by atomic mass is 79.9. The second kappa shape index (κ2) is 11.7. The molecule has 2 atom stereocenters. The van der Waals surface area contributed by atoms with Gasteiger partial charge in [-0.2, -0.15) is 0 Å². The molecule has 0 aromatic carbocycles. The van der Waals surface area contributed by atoms with Crippen LogP contribution in [-0.4, -0.2) is 58.8 Å². The SMILES string of the molecule is O=C(O)C[C@H](CC(=O)[C@@H]1CCCN(C(=O)CCC2CCNCC2)C1)c1cncc(Br)c1. The van der Waals surface area contributed by atoms with Crippen molar-refractivity contribution in [3.8, 4) is 0 Å². The van der Waals surface area contributed by atoms with Crippen molar-refractivity contribution in [2.45, 2.75) is 57.3 Å². The number of likely N-dealkylation sites (tertiary alicyclic amines) is 1. The molecule has 1 aromatic heterocycles. The van der Waals surface area contributed by atoms with Crippen LogP contribution < -0.4 is 5.32 Å². The van der Waals surface area contributed by atoms with E-state index in [0.29, 0.717) is 25.4 Å². The van der Waals surface area contributed by atoms with E-state index in [4.69, 9.17) is 0 Å². The summed E-state index contributed by atoms with van der Waals surface area (Å²) in [6, 6.07) is 1.82. The van der Waals surface area contributed by atoms with Crippen LogP contribution in [0.25, 0.3) is 0 Å². The van der Waals surface area contributed by atoms with Crippen LogP contribution in [0.15, 0.2) is 22.9 Å². The van der Waals surface area contributed by atoms with Crippen LogP contribution in [0.1, 0.15) is 62.8 Å². The normalized spacial score (nSPS) is 20.9. The minimum Gasteiger partial charge on any atom is -0.481 e. The highest BCUT2D eigenvalue weighted by molar-refractivity contribution is 9.10. The molecule has 0 aliphatic carbocycles. The number of nitrogens with zero attached hydrogens (tertiary/aromatic N) is 2. The van der Waals surface area contributed by atoms with Gasteiger partial charge in [-0.05, 0) is 78.7 Å². The zero-order chi connectivity index (χ0) is 22.2. The number of rotatable bonds is 9. The predicted molar refractivity (Wildman–Crippen MR) is 121 cm³/mol. The molecule has 31 heavy (non-hydrogen) atoms. The summed E-state index contributed by atoms with van der Waals surface area (Å²) in [6.07, 6.45) is 8.62. The average Bonchev–Trinajstić information content (AvgIpc) is 2.77. The molecule has 3 heterocycles. The molecule has 3 rings (SSSR count). The van der Waals surface area contributed by atoms with E-state index in [1.807, 2.05) is 11.0 Å². The zero-order valence-corrected chi connectivity index (χ0v) is 19.5. The summed E-state index contributed by atoms with van der Waals surface area (Å²) < 4.78 is 0.760. The lowest BCUT2D eigenvalue weighted by atomic mass is 9.84. The minimum atomic E-state index is -0.934. The van der Waals surface area contributed by atoms with Crippen molar-refractivity contribution in [2.75, 3.05) is 26.2 Å². The Morgan fingerprint density at radius 1 is 1.19 bits per heavy atom. The molecule has 8 heteroatoms. The number of hydrogen-bond donors (Lipinski definition) is 2. The van der Waals surface area contributed by atoms with E-state index < -0.39 is 11.9 Å². The van der Waals surface area contributed by atoms with Gasteiger partial charge in [0.2, 0.25) is 5.91 Å². The fourth-order valence-electron chi connectivity index (χ4n) is 4.70. The van der Waals surface area contributed by atoms with E-state index in [9.17, 15) is 19.5 Å². The van der Waals surface area contributed by atoms with Crippen molar-refractivity contribution in [2.24, 2.45) is 11.8 Å². The number of aliphatic carboxylic acids is 1. The highest BCUT2D eigenvalue weighted by Crippen LogP contribution is 2.29. The highest BCUT2D eigenvalue weighted by Gasteiger charge is 2.31. The Balaban J connectivity index is 1.55. The van der Waals surface area contributed by atoms with Crippen LogP contribution in [0.4, 0.5) is 0 Å². The maximum Gasteiger partial charge on any atom is 0.303 e. The summed E-state index contributed by atoms with van der Waals surface area (Å²) in [5, 5.41) is 12.7. The first-order chi connectivity index (χ1) is 14.9. The van der Waals surface area contributed by atoms with E-state index in [0.717, 1.165) is 55.2 Å². The molecule has 2 aliphatic rings. The number of Topliss-reactive ketones (excluding diaryl/α,β-unsaturated/α-hetero) is 1. The Kier molecular flexibility index (Phi) is 9.02. The molecular formula is C23H32BrN3O4. The first-order valence-corrected chi connectivity index (χ1v) is 12.0. The third kappa shape index (κ3) is 7.38. The predicted octanol–water partition coefficient (Wildman–Crippen LogP) is 3.38. The minimum absolute atomic E-state index is 0.0436. The molecule has 2 aliphatic heterocycles. The van der Waals surface area contributed by atoms with Crippen LogP contribution in [0, 0.1) is 11.8 Å². The molecule has 0 radical (unpaired) electrons. The maximum absolute atomic E-state index is 13.1. The van der Waals surface area contributed by atoms with Gasteiger partial charge < -0.3 is 15.3 Å². The lowest BCUT2D eigenvalue weighted by Crippen LogP contribution is -2.42. The fraction of sp³-hybridized carbons (Fsp3) is 0.652. The van der Waals surface area contributed by atoms with Crippen LogP contribution in [-0.2, 0) is 14.4 Å². The Labute approximate surface area is 192 Å². The topological polar surface area (TPSA) is 99.6 Å². The Bertz CT molecular complexity index is 782. The van der Waals surface area contributed by atoms with Gasteiger partial charge in [0.25, 0.3) is 0 Å². The molecule has 1 aromatic rings. The average molecular weight is 494 g/mol. The number of hydrogen-bond acceptors (Lipinski definition) is 5. The van der Waals surface area contributed by atoms with Gasteiger partial charge in [-0.1, -0.05) is 0 Å². The summed E-state index contributed by atoms with van der Waals surface area (Å²) in [4.78, 5) is 43.1. The van der Waals surface area contributed by atoms with Crippen molar-refractivity contribution >= 4 is 33.6 Å². The molecule has 2 saturated heterocycles. The molecular weight excluding hydrogens is 462 g/mol. The first kappa shape index (κ1) is 23.9. The fourth-order valence-corrected chi connectivity index (χ4v) is 5.08. The molecule has 1 amide bonds. The maximum atomic E-state index is 13.1. The van der Waals surface area contributed by atoms with E-state index in [1.54, 1.807) is 12.4 Å². The largest absolute Gasteiger partial charge is 0.481 e. The molecule has 2 fully saturated rings. The van der Waals surface area contributed by atoms with Crippen molar-refractivity contribution in [1.29, 1.82) is 0 Å². The van der Waals surface area contributed by atoms with Gasteiger partial charge in [-0.15, -0.1) is 0 Å². The lowest BCUT2D eigenvalue weighted by molar-refractivity contribution is -0.137. The smallest absolute Gasteiger partial charge is 0.303 e. The van der Waals surface area contributed by atoms with Gasteiger partial charge in [0.05, 0.1) is 6.42 Å². The number of carboxylic acids is 1. The van der Waals surface area contributed by atoms with Gasteiger partial charge >= 0.3 is 5.97 Å². The summed E-state index contributed by atoms with van der Waals surface area (Å²) in [5.74, 6) is -0.760. The zero-order valence-electron chi connectivity index (χ0n) is 17.9. The molecule has 2 N–H and O–H groups in total.